The molecule has 5 aromatic rings. The Labute approximate surface area is 240 Å². The molecule has 206 valence electrons. The standard InChI is InChI=1S/C33H29N3O4S/c1-5-40-32(38)27-20(3)34-33-36(30(27)23-15-9-10-17-25(23)39-4)31(37)26(41-33)18-24-22-16-11-12-19(2)28(22)35-29(24)21-13-7-6-8-14-21/h6-18,30,35H,5H2,1-4H3/b26-18+/t30-/m1/s1. The number of ether oxygens (including phenoxy) is 2. The summed E-state index contributed by atoms with van der Waals surface area (Å²) in [6.07, 6.45) is 1.94. The van der Waals surface area contributed by atoms with Gasteiger partial charge in [-0.15, -0.1) is 0 Å². The quantitative estimate of drug-likeness (QED) is 0.286. The van der Waals surface area contributed by atoms with Crippen molar-refractivity contribution in [3.8, 4) is 17.0 Å². The van der Waals surface area contributed by atoms with Crippen LogP contribution in [-0.2, 0) is 9.53 Å². The molecule has 1 N–H and O–H groups in total. The summed E-state index contributed by atoms with van der Waals surface area (Å²) in [7, 11) is 1.58. The minimum atomic E-state index is -0.748. The zero-order chi connectivity index (χ0) is 28.7. The molecular formula is C33H29N3O4S. The number of thiazole rings is 1. The second-order valence-electron chi connectivity index (χ2n) is 9.82. The number of nitrogens with zero attached hydrogens (tertiary/aromatic N) is 2. The summed E-state index contributed by atoms with van der Waals surface area (Å²) in [6, 6.07) is 22.9. The molecule has 3 aromatic carbocycles. The zero-order valence-electron chi connectivity index (χ0n) is 23.2. The van der Waals surface area contributed by atoms with Crippen molar-refractivity contribution in [3.63, 3.8) is 0 Å². The molecule has 3 heterocycles. The Morgan fingerprint density at radius 3 is 2.56 bits per heavy atom. The van der Waals surface area contributed by atoms with Crippen molar-refractivity contribution in [2.75, 3.05) is 13.7 Å². The fraction of sp³-hybridized carbons (Fsp3) is 0.182. The zero-order valence-corrected chi connectivity index (χ0v) is 24.0. The maximum atomic E-state index is 14.3. The van der Waals surface area contributed by atoms with E-state index in [1.54, 1.807) is 25.5 Å². The van der Waals surface area contributed by atoms with Gasteiger partial charge in [0.05, 0.1) is 35.2 Å². The number of H-pyrrole nitrogens is 1. The highest BCUT2D eigenvalue weighted by Gasteiger charge is 2.35. The highest BCUT2D eigenvalue weighted by Crippen LogP contribution is 2.36. The van der Waals surface area contributed by atoms with Gasteiger partial charge in [0.2, 0.25) is 0 Å². The molecule has 7 nitrogen and oxygen atoms in total. The van der Waals surface area contributed by atoms with Crippen LogP contribution in [0.2, 0.25) is 0 Å². The minimum absolute atomic E-state index is 0.209. The van der Waals surface area contributed by atoms with E-state index in [1.165, 1.54) is 11.3 Å². The molecule has 0 spiro atoms. The third kappa shape index (κ3) is 4.50. The first-order chi connectivity index (χ1) is 19.9. The van der Waals surface area contributed by atoms with Gasteiger partial charge in [0.25, 0.3) is 5.56 Å². The number of nitrogens with one attached hydrogen (secondary N) is 1. The van der Waals surface area contributed by atoms with Crippen LogP contribution in [0.4, 0.5) is 0 Å². The molecule has 0 aliphatic carbocycles. The van der Waals surface area contributed by atoms with Crippen molar-refractivity contribution >= 4 is 34.3 Å². The average Bonchev–Trinajstić information content (AvgIpc) is 3.50. The van der Waals surface area contributed by atoms with Gasteiger partial charge >= 0.3 is 5.97 Å². The van der Waals surface area contributed by atoms with Crippen molar-refractivity contribution < 1.29 is 14.3 Å². The number of benzene rings is 3. The van der Waals surface area contributed by atoms with Crippen LogP contribution >= 0.6 is 11.3 Å². The van der Waals surface area contributed by atoms with E-state index in [0.29, 0.717) is 31.9 Å². The summed E-state index contributed by atoms with van der Waals surface area (Å²) < 4.78 is 13.2. The molecule has 0 amide bonds. The van der Waals surface area contributed by atoms with Gasteiger partial charge in [-0.25, -0.2) is 9.79 Å². The molecule has 0 bridgehead atoms. The van der Waals surface area contributed by atoms with E-state index in [9.17, 15) is 9.59 Å². The Balaban J connectivity index is 1.64. The number of aryl methyl sites for hydroxylation is 1. The van der Waals surface area contributed by atoms with Crippen LogP contribution in [0.25, 0.3) is 28.2 Å². The van der Waals surface area contributed by atoms with Gasteiger partial charge in [0, 0.05) is 22.0 Å². The first-order valence-corrected chi connectivity index (χ1v) is 14.2. The molecule has 0 saturated heterocycles. The number of methoxy groups -OCH3 is 1. The molecule has 8 heteroatoms. The number of carbonyl (C=O) groups is 1. The molecular weight excluding hydrogens is 534 g/mol. The topological polar surface area (TPSA) is 85.7 Å². The number of esters is 1. The van der Waals surface area contributed by atoms with Crippen LogP contribution in [0, 0.1) is 6.92 Å². The van der Waals surface area contributed by atoms with Crippen LogP contribution in [0.15, 0.2) is 93.9 Å². The number of allylic oxidation sites excluding steroid dienone is 1. The van der Waals surface area contributed by atoms with Gasteiger partial charge in [-0.2, -0.15) is 0 Å². The second-order valence-corrected chi connectivity index (χ2v) is 10.8. The van der Waals surface area contributed by atoms with Crippen molar-refractivity contribution in [1.82, 2.24) is 9.55 Å². The molecule has 1 aliphatic heterocycles. The molecule has 2 aromatic heterocycles. The van der Waals surface area contributed by atoms with Gasteiger partial charge in [-0.3, -0.25) is 9.36 Å². The average molecular weight is 564 g/mol. The van der Waals surface area contributed by atoms with Crippen LogP contribution in [0.3, 0.4) is 0 Å². The van der Waals surface area contributed by atoms with Gasteiger partial charge in [0.1, 0.15) is 11.8 Å². The number of fused-ring (bicyclic) bond motifs is 2. The number of hydrogen-bond acceptors (Lipinski definition) is 6. The number of hydrogen-bond donors (Lipinski definition) is 1. The summed E-state index contributed by atoms with van der Waals surface area (Å²) in [5, 5.41) is 1.03. The van der Waals surface area contributed by atoms with Crippen molar-refractivity contribution in [3.05, 3.63) is 120 Å². The fourth-order valence-corrected chi connectivity index (χ4v) is 6.51. The largest absolute Gasteiger partial charge is 0.496 e. The SMILES string of the molecule is CCOC(=O)C1=C(C)N=c2s/c(=C/c3c(-c4ccccc4)[nH]c4c(C)cccc34)c(=O)n2[C@@H]1c1ccccc1OC. The predicted octanol–water partition coefficient (Wildman–Crippen LogP) is 5.26. The lowest BCUT2D eigenvalue weighted by molar-refractivity contribution is -0.139. The summed E-state index contributed by atoms with van der Waals surface area (Å²) >= 11 is 1.31. The summed E-state index contributed by atoms with van der Waals surface area (Å²) in [5.74, 6) is 0.0689. The normalized spacial score (nSPS) is 15.1. The molecule has 0 unspecified atom stereocenters. The maximum absolute atomic E-state index is 14.3. The number of aromatic amines is 1. The molecule has 1 atom stereocenters. The van der Waals surface area contributed by atoms with Gasteiger partial charge in [-0.05, 0) is 44.0 Å². The Bertz CT molecular complexity index is 2010. The van der Waals surface area contributed by atoms with Crippen molar-refractivity contribution in [2.24, 2.45) is 4.99 Å². The van der Waals surface area contributed by atoms with Gasteiger partial charge in [0.15, 0.2) is 4.80 Å². The van der Waals surface area contributed by atoms with Crippen LogP contribution in [0.5, 0.6) is 5.75 Å². The summed E-state index contributed by atoms with van der Waals surface area (Å²) in [5.41, 5.74) is 6.31. The van der Waals surface area contributed by atoms with E-state index in [0.717, 1.165) is 33.3 Å². The lowest BCUT2D eigenvalue weighted by atomic mass is 9.95. The van der Waals surface area contributed by atoms with E-state index >= 15 is 0 Å². The summed E-state index contributed by atoms with van der Waals surface area (Å²) in [6.45, 7) is 5.81. The third-order valence-electron chi connectivity index (χ3n) is 7.37. The Morgan fingerprint density at radius 1 is 1.05 bits per heavy atom. The van der Waals surface area contributed by atoms with Gasteiger partial charge in [-0.1, -0.05) is 78.1 Å². The van der Waals surface area contributed by atoms with E-state index in [2.05, 4.69) is 36.2 Å². The van der Waals surface area contributed by atoms with E-state index in [4.69, 9.17) is 14.5 Å². The Hall–Kier alpha value is -4.69. The van der Waals surface area contributed by atoms with Crippen LogP contribution < -0.4 is 19.6 Å². The van der Waals surface area contributed by atoms with Crippen LogP contribution in [0.1, 0.15) is 36.6 Å². The fourth-order valence-electron chi connectivity index (χ4n) is 5.48. The highest BCUT2D eigenvalue weighted by atomic mass is 32.1. The second kappa shape index (κ2) is 10.7. The minimum Gasteiger partial charge on any atom is -0.496 e. The van der Waals surface area contributed by atoms with E-state index in [-0.39, 0.29) is 12.2 Å². The Kier molecular flexibility index (Phi) is 6.93. The number of para-hydroxylation sites is 2. The lowest BCUT2D eigenvalue weighted by Gasteiger charge is -2.25. The molecule has 0 fully saturated rings. The first kappa shape index (κ1) is 26.5. The smallest absolute Gasteiger partial charge is 0.338 e. The highest BCUT2D eigenvalue weighted by molar-refractivity contribution is 7.07. The van der Waals surface area contributed by atoms with Crippen molar-refractivity contribution in [1.29, 1.82) is 0 Å². The number of rotatable bonds is 6. The number of carbonyl (C=O) groups excluding carboxylic acids is 1. The maximum Gasteiger partial charge on any atom is 0.338 e. The molecule has 0 radical (unpaired) electrons. The third-order valence-corrected chi connectivity index (χ3v) is 8.35. The Morgan fingerprint density at radius 2 is 1.80 bits per heavy atom. The monoisotopic (exact) mass is 563 g/mol. The molecule has 0 saturated carbocycles. The summed E-state index contributed by atoms with van der Waals surface area (Å²) in [4.78, 5) is 36.3. The predicted molar refractivity (Wildman–Crippen MR) is 162 cm³/mol. The molecule has 6 rings (SSSR count). The first-order valence-electron chi connectivity index (χ1n) is 13.4. The molecule has 1 aliphatic rings. The van der Waals surface area contributed by atoms with Crippen molar-refractivity contribution in [2.45, 2.75) is 26.8 Å². The van der Waals surface area contributed by atoms with Gasteiger partial charge < -0.3 is 14.5 Å². The number of aromatic nitrogens is 2. The van der Waals surface area contributed by atoms with Crippen LogP contribution in [-0.4, -0.2) is 29.2 Å². The van der Waals surface area contributed by atoms with E-state index < -0.39 is 12.0 Å². The molecule has 41 heavy (non-hydrogen) atoms. The van der Waals surface area contributed by atoms with E-state index in [1.807, 2.05) is 54.6 Å². The lowest BCUT2D eigenvalue weighted by Crippen LogP contribution is -2.40.